The first-order chi connectivity index (χ1) is 14.1. The van der Waals surface area contributed by atoms with Crippen molar-refractivity contribution in [3.8, 4) is 11.5 Å². The Morgan fingerprint density at radius 2 is 1.83 bits per heavy atom. The van der Waals surface area contributed by atoms with Gasteiger partial charge in [0, 0.05) is 0 Å². The fraction of sp³-hybridized carbons (Fsp3) is 0.364. The molecule has 6 nitrogen and oxygen atoms in total. The fourth-order valence-corrected chi connectivity index (χ4v) is 3.92. The first-order valence-corrected chi connectivity index (χ1v) is 10.6. The number of nitrogens with zero attached hydrogens (tertiary/aromatic N) is 2. The third-order valence-electron chi connectivity index (χ3n) is 4.55. The van der Waals surface area contributed by atoms with Gasteiger partial charge in [0.15, 0.2) is 0 Å². The largest absolute Gasteiger partial charge is 0.494 e. The predicted octanol–water partition coefficient (Wildman–Crippen LogP) is 3.88. The van der Waals surface area contributed by atoms with E-state index in [0.717, 1.165) is 22.0 Å². The summed E-state index contributed by atoms with van der Waals surface area (Å²) >= 11 is 1.67. The van der Waals surface area contributed by atoms with Crippen molar-refractivity contribution in [3.63, 3.8) is 0 Å². The first kappa shape index (κ1) is 21.1. The number of hydrogen-bond acceptors (Lipinski definition) is 6. The number of nitrogens with one attached hydrogen (secondary N) is 1. The third-order valence-corrected chi connectivity index (χ3v) is 5.76. The topological polar surface area (TPSA) is 63.7 Å². The number of hydrogen-bond donors (Lipinski definition) is 1. The average Bonchev–Trinajstić information content (AvgIpc) is 3.16. The summed E-state index contributed by atoms with van der Waals surface area (Å²) in [5, 5.41) is 3.92. The summed E-state index contributed by atoms with van der Waals surface area (Å²) in [5.74, 6) is 1.54. The summed E-state index contributed by atoms with van der Waals surface area (Å²) in [6, 6.07) is 15.6. The molecule has 3 aromatic rings. The van der Waals surface area contributed by atoms with Gasteiger partial charge in [-0.2, -0.15) is 0 Å². The van der Waals surface area contributed by atoms with Crippen molar-refractivity contribution in [2.24, 2.45) is 0 Å². The van der Waals surface area contributed by atoms with Crippen LogP contribution in [0.15, 0.2) is 48.5 Å². The maximum absolute atomic E-state index is 12.2. The van der Waals surface area contributed by atoms with Crippen molar-refractivity contribution in [1.82, 2.24) is 15.2 Å². The van der Waals surface area contributed by atoms with Gasteiger partial charge in [0.05, 0.1) is 36.0 Å². The quantitative estimate of drug-likeness (QED) is 0.511. The Bertz CT molecular complexity index is 893. The Morgan fingerprint density at radius 3 is 2.52 bits per heavy atom. The molecule has 0 radical (unpaired) electrons. The van der Waals surface area contributed by atoms with Crippen LogP contribution in [0, 0.1) is 0 Å². The van der Waals surface area contributed by atoms with Crippen LogP contribution in [0.1, 0.15) is 24.9 Å². The highest BCUT2D eigenvalue weighted by Gasteiger charge is 2.18. The Kier molecular flexibility index (Phi) is 7.43. The van der Waals surface area contributed by atoms with E-state index in [9.17, 15) is 4.79 Å². The number of aromatic nitrogens is 1. The lowest BCUT2D eigenvalue weighted by molar-refractivity contribution is -0.122. The van der Waals surface area contributed by atoms with Gasteiger partial charge in [-0.25, -0.2) is 4.98 Å². The third kappa shape index (κ3) is 5.92. The van der Waals surface area contributed by atoms with Gasteiger partial charge in [-0.15, -0.1) is 11.3 Å². The number of para-hydroxylation sites is 1. The molecule has 7 heteroatoms. The number of fused-ring (bicyclic) bond motifs is 1. The molecule has 0 unspecified atom stereocenters. The second kappa shape index (κ2) is 10.2. The van der Waals surface area contributed by atoms with E-state index in [1.807, 2.05) is 61.3 Å². The molecule has 0 saturated heterocycles. The Labute approximate surface area is 175 Å². The van der Waals surface area contributed by atoms with Crippen molar-refractivity contribution in [2.45, 2.75) is 19.9 Å². The molecule has 0 bridgehead atoms. The minimum absolute atomic E-state index is 0.0317. The number of ether oxygens (including phenoxy) is 2. The zero-order chi connectivity index (χ0) is 20.6. The fourth-order valence-electron chi connectivity index (χ4n) is 2.83. The standard InChI is InChI=1S/C22H27N3O3S/c1-4-27-17-9-11-18(12-10-17)28-14-13-23-21(26)15-25(3)16(2)22-24-19-7-5-6-8-20(19)29-22/h5-12,16H,4,13-15H2,1-3H3,(H,23,26)/t16-/m0/s1. The van der Waals surface area contributed by atoms with Gasteiger partial charge in [0.25, 0.3) is 0 Å². The van der Waals surface area contributed by atoms with E-state index in [-0.39, 0.29) is 11.9 Å². The molecule has 0 aliphatic heterocycles. The number of carbonyl (C=O) groups excluding carboxylic acids is 1. The lowest BCUT2D eigenvalue weighted by Gasteiger charge is -2.22. The van der Waals surface area contributed by atoms with Gasteiger partial charge in [-0.3, -0.25) is 9.69 Å². The molecule has 1 N–H and O–H groups in total. The maximum atomic E-state index is 12.2. The summed E-state index contributed by atoms with van der Waals surface area (Å²) in [4.78, 5) is 18.9. The zero-order valence-electron chi connectivity index (χ0n) is 17.1. The van der Waals surface area contributed by atoms with Crippen LogP contribution in [0.2, 0.25) is 0 Å². The van der Waals surface area contributed by atoms with Gasteiger partial charge >= 0.3 is 0 Å². The predicted molar refractivity (Wildman–Crippen MR) is 117 cm³/mol. The normalized spacial score (nSPS) is 12.1. The molecule has 3 rings (SSSR count). The molecule has 0 aliphatic rings. The molecule has 154 valence electrons. The Morgan fingerprint density at radius 1 is 1.14 bits per heavy atom. The van der Waals surface area contributed by atoms with Crippen LogP contribution in [-0.2, 0) is 4.79 Å². The van der Waals surface area contributed by atoms with Gasteiger partial charge in [-0.05, 0) is 57.3 Å². The Hall–Kier alpha value is -2.64. The molecule has 1 aromatic heterocycles. The van der Waals surface area contributed by atoms with Crippen molar-refractivity contribution in [1.29, 1.82) is 0 Å². The molecule has 1 amide bonds. The number of rotatable bonds is 10. The Balaban J connectivity index is 1.40. The van der Waals surface area contributed by atoms with Gasteiger partial charge in [0.1, 0.15) is 23.1 Å². The number of carbonyl (C=O) groups is 1. The van der Waals surface area contributed by atoms with Gasteiger partial charge < -0.3 is 14.8 Å². The van der Waals surface area contributed by atoms with E-state index in [1.165, 1.54) is 4.70 Å². The van der Waals surface area contributed by atoms with Crippen LogP contribution in [0.25, 0.3) is 10.2 Å². The summed E-state index contributed by atoms with van der Waals surface area (Å²) in [6.07, 6.45) is 0. The molecule has 1 atom stereocenters. The second-order valence-electron chi connectivity index (χ2n) is 6.71. The minimum Gasteiger partial charge on any atom is -0.494 e. The lowest BCUT2D eigenvalue weighted by atomic mass is 10.3. The SMILES string of the molecule is CCOc1ccc(OCCNC(=O)CN(C)[C@@H](C)c2nc3ccccc3s2)cc1. The summed E-state index contributed by atoms with van der Waals surface area (Å²) < 4.78 is 12.2. The summed E-state index contributed by atoms with van der Waals surface area (Å²) in [7, 11) is 1.94. The van der Waals surface area contributed by atoms with Crippen LogP contribution < -0.4 is 14.8 Å². The van der Waals surface area contributed by atoms with Crippen molar-refractivity contribution < 1.29 is 14.3 Å². The number of amides is 1. The lowest BCUT2D eigenvalue weighted by Crippen LogP contribution is -2.38. The van der Waals surface area contributed by atoms with Crippen LogP contribution in [0.3, 0.4) is 0 Å². The van der Waals surface area contributed by atoms with Crippen LogP contribution in [0.5, 0.6) is 11.5 Å². The molecular formula is C22H27N3O3S. The molecule has 29 heavy (non-hydrogen) atoms. The molecule has 0 fully saturated rings. The minimum atomic E-state index is -0.0317. The van der Waals surface area contributed by atoms with Crippen LogP contribution in [0.4, 0.5) is 0 Å². The van der Waals surface area contributed by atoms with Crippen LogP contribution >= 0.6 is 11.3 Å². The van der Waals surface area contributed by atoms with Crippen molar-refractivity contribution >= 4 is 27.5 Å². The van der Waals surface area contributed by atoms with Crippen molar-refractivity contribution in [2.75, 3.05) is 33.4 Å². The summed E-state index contributed by atoms with van der Waals surface area (Å²) in [5.41, 5.74) is 1.00. The van der Waals surface area contributed by atoms with Gasteiger partial charge in [0.2, 0.25) is 5.91 Å². The highest BCUT2D eigenvalue weighted by Crippen LogP contribution is 2.28. The van der Waals surface area contributed by atoms with E-state index >= 15 is 0 Å². The molecule has 1 heterocycles. The molecular weight excluding hydrogens is 386 g/mol. The van der Waals surface area contributed by atoms with E-state index < -0.39 is 0 Å². The molecule has 0 aliphatic carbocycles. The van der Waals surface area contributed by atoms with E-state index in [1.54, 1.807) is 11.3 Å². The smallest absolute Gasteiger partial charge is 0.234 e. The second-order valence-corrected chi connectivity index (χ2v) is 7.78. The summed E-state index contributed by atoms with van der Waals surface area (Å²) in [6.45, 7) is 5.83. The van der Waals surface area contributed by atoms with Gasteiger partial charge in [-0.1, -0.05) is 12.1 Å². The monoisotopic (exact) mass is 413 g/mol. The molecule has 0 spiro atoms. The highest BCUT2D eigenvalue weighted by molar-refractivity contribution is 7.18. The van der Waals surface area contributed by atoms with E-state index in [0.29, 0.717) is 26.3 Å². The number of benzene rings is 2. The first-order valence-electron chi connectivity index (χ1n) is 9.75. The van der Waals surface area contributed by atoms with E-state index in [2.05, 4.69) is 23.3 Å². The van der Waals surface area contributed by atoms with Crippen LogP contribution in [-0.4, -0.2) is 49.1 Å². The zero-order valence-corrected chi connectivity index (χ0v) is 17.9. The molecule has 2 aromatic carbocycles. The van der Waals surface area contributed by atoms with Crippen molar-refractivity contribution in [3.05, 3.63) is 53.5 Å². The highest BCUT2D eigenvalue weighted by atomic mass is 32.1. The molecule has 0 saturated carbocycles. The number of likely N-dealkylation sites (N-methyl/N-ethyl adjacent to an activating group) is 1. The maximum Gasteiger partial charge on any atom is 0.234 e. The van der Waals surface area contributed by atoms with E-state index in [4.69, 9.17) is 9.47 Å². The average molecular weight is 414 g/mol. The number of thiazole rings is 1.